The van der Waals surface area contributed by atoms with Crippen molar-refractivity contribution in [3.8, 4) is 11.3 Å². The van der Waals surface area contributed by atoms with Crippen molar-refractivity contribution in [3.63, 3.8) is 0 Å². The summed E-state index contributed by atoms with van der Waals surface area (Å²) in [5.41, 5.74) is 4.90. The van der Waals surface area contributed by atoms with Gasteiger partial charge in [-0.05, 0) is 48.9 Å². The summed E-state index contributed by atoms with van der Waals surface area (Å²) in [6.07, 6.45) is 1.92. The van der Waals surface area contributed by atoms with Crippen LogP contribution in [0.1, 0.15) is 5.56 Å². The number of carbonyl (C=O) groups excluding carboxylic acids is 1. The second kappa shape index (κ2) is 8.25. The quantitative estimate of drug-likeness (QED) is 0.359. The van der Waals surface area contributed by atoms with Crippen LogP contribution in [0.25, 0.3) is 38.7 Å². The third kappa shape index (κ3) is 3.56. The van der Waals surface area contributed by atoms with Crippen LogP contribution in [-0.4, -0.2) is 19.9 Å². The van der Waals surface area contributed by atoms with Crippen molar-refractivity contribution in [3.05, 3.63) is 113 Å². The first-order valence-electron chi connectivity index (χ1n) is 11.4. The van der Waals surface area contributed by atoms with E-state index in [2.05, 4.69) is 5.32 Å². The molecule has 0 spiro atoms. The molecule has 0 aliphatic carbocycles. The number of carbonyl (C=O) groups is 1. The molecular weight excluding hydrogens is 436 g/mol. The Morgan fingerprint density at radius 1 is 0.857 bits per heavy atom. The lowest BCUT2D eigenvalue weighted by molar-refractivity contribution is -0.116. The Hall–Kier alpha value is -4.71. The summed E-state index contributed by atoms with van der Waals surface area (Å²) in [6, 6.07) is 28.6. The highest BCUT2D eigenvalue weighted by Gasteiger charge is 2.18. The van der Waals surface area contributed by atoms with Crippen molar-refractivity contribution < 1.29 is 4.79 Å². The first-order chi connectivity index (χ1) is 17.1. The van der Waals surface area contributed by atoms with E-state index in [4.69, 9.17) is 4.98 Å². The second-order valence-electron chi connectivity index (χ2n) is 8.61. The molecule has 0 unspecified atom stereocenters. The monoisotopic (exact) mass is 458 g/mol. The molecule has 6 heteroatoms. The maximum atomic E-state index is 13.5. The Morgan fingerprint density at radius 2 is 1.49 bits per heavy atom. The number of hydrogen-bond donors (Lipinski definition) is 1. The van der Waals surface area contributed by atoms with E-state index in [1.54, 1.807) is 12.1 Å². The number of para-hydroxylation sites is 2. The highest BCUT2D eigenvalue weighted by molar-refractivity contribution is 5.98. The molecule has 6 nitrogen and oxygen atoms in total. The number of pyridine rings is 2. The van der Waals surface area contributed by atoms with E-state index >= 15 is 0 Å². The summed E-state index contributed by atoms with van der Waals surface area (Å²) in [7, 11) is 0. The van der Waals surface area contributed by atoms with Gasteiger partial charge in [-0.15, -0.1) is 0 Å². The maximum Gasteiger partial charge on any atom is 0.245 e. The Kier molecular flexibility index (Phi) is 4.92. The van der Waals surface area contributed by atoms with Crippen LogP contribution in [0.4, 0.5) is 5.82 Å². The highest BCUT2D eigenvalue weighted by atomic mass is 16.2. The van der Waals surface area contributed by atoms with E-state index in [-0.39, 0.29) is 17.9 Å². The summed E-state index contributed by atoms with van der Waals surface area (Å²) in [6.45, 7) is 2.07. The lowest BCUT2D eigenvalue weighted by atomic mass is 10.1. The number of aromatic nitrogens is 3. The van der Waals surface area contributed by atoms with Crippen molar-refractivity contribution in [2.24, 2.45) is 0 Å². The summed E-state index contributed by atoms with van der Waals surface area (Å²) in [5.74, 6) is 0.411. The van der Waals surface area contributed by atoms with E-state index in [0.29, 0.717) is 22.3 Å². The molecule has 0 fully saturated rings. The molecule has 3 aromatic heterocycles. The lowest BCUT2D eigenvalue weighted by Crippen LogP contribution is -2.22. The molecule has 0 aliphatic heterocycles. The van der Waals surface area contributed by atoms with Crippen LogP contribution < -0.4 is 10.7 Å². The summed E-state index contributed by atoms with van der Waals surface area (Å²) in [5, 5.41) is 4.29. The van der Waals surface area contributed by atoms with Gasteiger partial charge in [0.25, 0.3) is 0 Å². The van der Waals surface area contributed by atoms with Crippen LogP contribution in [0.15, 0.2) is 102 Å². The van der Waals surface area contributed by atoms with Crippen LogP contribution in [-0.2, 0) is 11.3 Å². The van der Waals surface area contributed by atoms with Crippen molar-refractivity contribution in [2.75, 3.05) is 5.32 Å². The first-order valence-corrected chi connectivity index (χ1v) is 11.4. The molecule has 6 aromatic rings. The lowest BCUT2D eigenvalue weighted by Gasteiger charge is -2.15. The Bertz CT molecular complexity index is 1740. The van der Waals surface area contributed by atoms with Crippen LogP contribution >= 0.6 is 0 Å². The van der Waals surface area contributed by atoms with E-state index in [1.165, 1.54) is 0 Å². The minimum absolute atomic E-state index is 0.0311. The second-order valence-corrected chi connectivity index (χ2v) is 8.61. The maximum absolute atomic E-state index is 13.5. The first kappa shape index (κ1) is 20.9. The van der Waals surface area contributed by atoms with E-state index in [9.17, 15) is 9.59 Å². The van der Waals surface area contributed by atoms with Crippen molar-refractivity contribution in [2.45, 2.75) is 13.5 Å². The molecule has 1 N–H and O–H groups in total. The topological polar surface area (TPSA) is 68.4 Å². The van der Waals surface area contributed by atoms with Gasteiger partial charge >= 0.3 is 0 Å². The van der Waals surface area contributed by atoms with E-state index in [0.717, 1.165) is 27.8 Å². The molecule has 0 saturated carbocycles. The molecule has 0 saturated heterocycles. The van der Waals surface area contributed by atoms with Gasteiger partial charge in [-0.3, -0.25) is 14.0 Å². The number of aryl methyl sites for hydroxylation is 1. The zero-order valence-corrected chi connectivity index (χ0v) is 19.1. The predicted molar refractivity (Wildman–Crippen MR) is 140 cm³/mol. The fraction of sp³-hybridized carbons (Fsp3) is 0.0690. The summed E-state index contributed by atoms with van der Waals surface area (Å²) >= 11 is 0. The van der Waals surface area contributed by atoms with Crippen LogP contribution in [0.2, 0.25) is 0 Å². The van der Waals surface area contributed by atoms with Crippen molar-refractivity contribution in [1.82, 2.24) is 14.0 Å². The SMILES string of the molecule is Cc1ccn2c(NC(=O)Cn3c4ccccc4c(=O)c4ccccc43)c(-c3ccccc3)nc2c1. The van der Waals surface area contributed by atoms with Gasteiger partial charge in [-0.25, -0.2) is 4.98 Å². The molecule has 1 amide bonds. The fourth-order valence-electron chi connectivity index (χ4n) is 4.63. The number of imidazole rings is 1. The number of fused-ring (bicyclic) bond motifs is 3. The van der Waals surface area contributed by atoms with Gasteiger partial charge in [-0.2, -0.15) is 0 Å². The van der Waals surface area contributed by atoms with Gasteiger partial charge in [0.15, 0.2) is 5.43 Å². The third-order valence-electron chi connectivity index (χ3n) is 6.27. The number of anilines is 1. The fourth-order valence-corrected chi connectivity index (χ4v) is 4.63. The number of hydrogen-bond acceptors (Lipinski definition) is 3. The molecule has 6 rings (SSSR count). The van der Waals surface area contributed by atoms with Gasteiger partial charge in [0.1, 0.15) is 23.7 Å². The van der Waals surface area contributed by atoms with Gasteiger partial charge in [0.2, 0.25) is 5.91 Å². The molecule has 35 heavy (non-hydrogen) atoms. The minimum Gasteiger partial charge on any atom is -0.331 e. The molecule has 170 valence electrons. The molecule has 0 atom stereocenters. The summed E-state index contributed by atoms with van der Waals surface area (Å²) < 4.78 is 3.80. The zero-order valence-electron chi connectivity index (χ0n) is 19.1. The van der Waals surface area contributed by atoms with Crippen LogP contribution in [0.5, 0.6) is 0 Å². The molecule has 0 aliphatic rings. The van der Waals surface area contributed by atoms with Crippen LogP contribution in [0, 0.1) is 6.92 Å². The molecule has 0 bridgehead atoms. The molecule has 3 aromatic carbocycles. The van der Waals surface area contributed by atoms with Gasteiger partial charge in [0.05, 0.1) is 11.0 Å². The molecule has 3 heterocycles. The van der Waals surface area contributed by atoms with Gasteiger partial charge < -0.3 is 9.88 Å². The number of nitrogens with one attached hydrogen (secondary N) is 1. The molecule has 0 radical (unpaired) electrons. The number of amides is 1. The minimum atomic E-state index is -0.205. The Labute approximate surface area is 201 Å². The number of rotatable bonds is 4. The average molecular weight is 459 g/mol. The standard InChI is InChI=1S/C29H22N4O2/c1-19-15-16-32-25(17-19)30-27(20-9-3-2-4-10-20)29(32)31-26(34)18-33-23-13-7-5-11-21(23)28(35)22-12-6-8-14-24(22)33/h2-17H,18H2,1H3,(H,31,34). The van der Waals surface area contributed by atoms with E-state index < -0.39 is 0 Å². The average Bonchev–Trinajstić information content (AvgIpc) is 3.24. The van der Waals surface area contributed by atoms with Crippen molar-refractivity contribution >= 4 is 39.2 Å². The molecular formula is C29H22N4O2. The van der Waals surface area contributed by atoms with Crippen molar-refractivity contribution in [1.29, 1.82) is 0 Å². The number of benzene rings is 3. The smallest absolute Gasteiger partial charge is 0.245 e. The summed E-state index contributed by atoms with van der Waals surface area (Å²) in [4.78, 5) is 31.3. The van der Waals surface area contributed by atoms with Gasteiger partial charge in [-0.1, -0.05) is 54.6 Å². The number of nitrogens with zero attached hydrogens (tertiary/aromatic N) is 3. The Balaban J connectivity index is 1.47. The Morgan fingerprint density at radius 3 is 2.17 bits per heavy atom. The largest absolute Gasteiger partial charge is 0.331 e. The third-order valence-corrected chi connectivity index (χ3v) is 6.27. The zero-order chi connectivity index (χ0) is 23.9. The highest BCUT2D eigenvalue weighted by Crippen LogP contribution is 2.29. The predicted octanol–water partition coefficient (Wildman–Crippen LogP) is 5.42. The normalized spacial score (nSPS) is 11.3. The van der Waals surface area contributed by atoms with E-state index in [1.807, 2.05) is 101 Å². The van der Waals surface area contributed by atoms with Crippen LogP contribution in [0.3, 0.4) is 0 Å². The van der Waals surface area contributed by atoms with Gasteiger partial charge in [0, 0.05) is 22.5 Å².